The number of rotatable bonds is 7. The maximum absolute atomic E-state index is 13.0. The van der Waals surface area contributed by atoms with Crippen molar-refractivity contribution in [1.29, 1.82) is 0 Å². The topological polar surface area (TPSA) is 118 Å². The first-order valence-electron chi connectivity index (χ1n) is 10.9. The van der Waals surface area contributed by atoms with Crippen LogP contribution in [0.1, 0.15) is 22.6 Å². The van der Waals surface area contributed by atoms with Crippen molar-refractivity contribution in [2.75, 3.05) is 23.4 Å². The molecule has 0 fully saturated rings. The van der Waals surface area contributed by atoms with E-state index in [1.54, 1.807) is 18.3 Å². The second-order valence-electron chi connectivity index (χ2n) is 7.89. The van der Waals surface area contributed by atoms with Crippen LogP contribution in [0.2, 0.25) is 5.02 Å². The van der Waals surface area contributed by atoms with E-state index < -0.39 is 11.7 Å². The maximum Gasteiger partial charge on any atom is 0.416 e. The van der Waals surface area contributed by atoms with Gasteiger partial charge in [0.2, 0.25) is 0 Å². The number of anilines is 3. The Morgan fingerprint density at radius 2 is 1.97 bits per heavy atom. The second-order valence-corrected chi connectivity index (χ2v) is 8.29. The summed E-state index contributed by atoms with van der Waals surface area (Å²) in [7, 11) is 0. The van der Waals surface area contributed by atoms with Crippen molar-refractivity contribution in [3.8, 4) is 6.01 Å². The number of aromatic nitrogens is 7. The standard InChI is InChI=1S/C22H19ClF3N9O/c23-16-2-1-9-27-20(16)35-10-7-15-17(12-35)29-21(36-11-8-18-31-33-34-32-18)30-19(15)28-14-5-3-13(4-6-14)22(24,25)26/h1-6,9H,7-8,10-12H2,(H,28,29,30)(H,31,32,33,34). The number of nitrogens with one attached hydrogen (secondary N) is 2. The van der Waals surface area contributed by atoms with Crippen LogP contribution in [0, 0.1) is 0 Å². The Balaban J connectivity index is 1.42. The number of H-pyrrole nitrogens is 1. The predicted molar refractivity (Wildman–Crippen MR) is 124 cm³/mol. The number of nitrogens with zero attached hydrogens (tertiary/aromatic N) is 7. The normalized spacial score (nSPS) is 13.4. The molecular formula is C22H19ClF3N9O. The van der Waals surface area contributed by atoms with Gasteiger partial charge in [-0.2, -0.15) is 28.4 Å². The number of aromatic amines is 1. The molecule has 4 heterocycles. The molecule has 1 aromatic carbocycles. The Labute approximate surface area is 207 Å². The smallest absolute Gasteiger partial charge is 0.416 e. The highest BCUT2D eigenvalue weighted by Crippen LogP contribution is 2.33. The molecule has 14 heteroatoms. The highest BCUT2D eigenvalue weighted by molar-refractivity contribution is 6.32. The minimum Gasteiger partial charge on any atom is -0.463 e. The summed E-state index contributed by atoms with van der Waals surface area (Å²) in [5.41, 5.74) is 1.26. The molecule has 4 aromatic rings. The fourth-order valence-corrected chi connectivity index (χ4v) is 4.01. The molecule has 1 aliphatic rings. The van der Waals surface area contributed by atoms with Crippen LogP contribution >= 0.6 is 11.6 Å². The summed E-state index contributed by atoms with van der Waals surface area (Å²) in [5, 5.41) is 17.3. The summed E-state index contributed by atoms with van der Waals surface area (Å²) in [6.45, 7) is 1.21. The van der Waals surface area contributed by atoms with Crippen molar-refractivity contribution in [2.45, 2.75) is 25.6 Å². The number of fused-ring (bicyclic) bond motifs is 1. The van der Waals surface area contributed by atoms with Crippen LogP contribution in [-0.4, -0.2) is 48.7 Å². The first kappa shape index (κ1) is 23.7. The van der Waals surface area contributed by atoms with Gasteiger partial charge in [0.25, 0.3) is 0 Å². The average molecular weight is 518 g/mol. The highest BCUT2D eigenvalue weighted by Gasteiger charge is 2.30. The lowest BCUT2D eigenvalue weighted by Crippen LogP contribution is -2.32. The van der Waals surface area contributed by atoms with Crippen molar-refractivity contribution in [3.63, 3.8) is 0 Å². The molecule has 0 amide bonds. The number of benzene rings is 1. The van der Waals surface area contributed by atoms with Gasteiger partial charge in [0.15, 0.2) is 5.82 Å². The zero-order valence-corrected chi connectivity index (χ0v) is 19.4. The van der Waals surface area contributed by atoms with E-state index >= 15 is 0 Å². The van der Waals surface area contributed by atoms with Gasteiger partial charge in [-0.15, -0.1) is 10.2 Å². The minimum absolute atomic E-state index is 0.112. The number of alkyl halides is 3. The number of pyridine rings is 1. The maximum atomic E-state index is 13.0. The predicted octanol–water partition coefficient (Wildman–Crippen LogP) is 3.98. The number of halogens is 4. The van der Waals surface area contributed by atoms with E-state index in [1.165, 1.54) is 12.1 Å². The SMILES string of the molecule is FC(F)(F)c1ccc(Nc2nc(OCCc3nn[nH]n3)nc3c2CCN(c2ncccc2Cl)C3)cc1. The number of tetrazole rings is 1. The zero-order chi connectivity index (χ0) is 25.1. The minimum atomic E-state index is -4.41. The van der Waals surface area contributed by atoms with Gasteiger partial charge in [-0.05, 0) is 42.8 Å². The lowest BCUT2D eigenvalue weighted by atomic mass is 10.1. The molecule has 10 nitrogen and oxygen atoms in total. The highest BCUT2D eigenvalue weighted by atomic mass is 35.5. The Kier molecular flexibility index (Phi) is 6.55. The van der Waals surface area contributed by atoms with Crippen LogP contribution in [-0.2, 0) is 25.6 Å². The molecule has 1 aliphatic heterocycles. The Bertz CT molecular complexity index is 1330. The van der Waals surface area contributed by atoms with Gasteiger partial charge in [-0.1, -0.05) is 16.8 Å². The summed E-state index contributed by atoms with van der Waals surface area (Å²) in [4.78, 5) is 15.5. The van der Waals surface area contributed by atoms with Gasteiger partial charge in [-0.3, -0.25) is 0 Å². The van der Waals surface area contributed by atoms with Gasteiger partial charge in [0, 0.05) is 30.4 Å². The lowest BCUT2D eigenvalue weighted by molar-refractivity contribution is -0.137. The number of hydrogen-bond donors (Lipinski definition) is 2. The van der Waals surface area contributed by atoms with Gasteiger partial charge in [0.05, 0.1) is 29.4 Å². The fraction of sp³-hybridized carbons (Fsp3) is 0.273. The molecule has 0 unspecified atom stereocenters. The number of ether oxygens (including phenoxy) is 1. The Morgan fingerprint density at radius 3 is 2.69 bits per heavy atom. The van der Waals surface area contributed by atoms with E-state index in [0.29, 0.717) is 59.8 Å². The number of hydrogen-bond acceptors (Lipinski definition) is 9. The third-order valence-corrected chi connectivity index (χ3v) is 5.80. The molecule has 0 radical (unpaired) electrons. The van der Waals surface area contributed by atoms with Crippen LogP contribution in [0.25, 0.3) is 0 Å². The van der Waals surface area contributed by atoms with Crippen LogP contribution in [0.4, 0.5) is 30.5 Å². The molecule has 0 spiro atoms. The summed E-state index contributed by atoms with van der Waals surface area (Å²) in [5.74, 6) is 1.58. The van der Waals surface area contributed by atoms with Gasteiger partial charge in [0.1, 0.15) is 11.6 Å². The van der Waals surface area contributed by atoms with Gasteiger partial charge in [-0.25, -0.2) is 4.98 Å². The van der Waals surface area contributed by atoms with E-state index in [2.05, 4.69) is 40.9 Å². The molecule has 2 N–H and O–H groups in total. The van der Waals surface area contributed by atoms with Gasteiger partial charge >= 0.3 is 12.2 Å². The largest absolute Gasteiger partial charge is 0.463 e. The van der Waals surface area contributed by atoms with Crippen molar-refractivity contribution in [2.24, 2.45) is 0 Å². The molecule has 0 bridgehead atoms. The second kappa shape index (κ2) is 9.93. The van der Waals surface area contributed by atoms with Crippen molar-refractivity contribution < 1.29 is 17.9 Å². The molecule has 0 saturated heterocycles. The third kappa shape index (κ3) is 5.30. The molecule has 0 aliphatic carbocycles. The molecule has 5 rings (SSSR count). The molecule has 0 atom stereocenters. The fourth-order valence-electron chi connectivity index (χ4n) is 3.77. The van der Waals surface area contributed by atoms with Crippen LogP contribution in [0.5, 0.6) is 6.01 Å². The quantitative estimate of drug-likeness (QED) is 0.375. The summed E-state index contributed by atoms with van der Waals surface area (Å²) in [6.07, 6.45) is -1.80. The summed E-state index contributed by atoms with van der Waals surface area (Å²) >= 11 is 6.34. The molecule has 3 aromatic heterocycles. The van der Waals surface area contributed by atoms with Crippen molar-refractivity contribution in [1.82, 2.24) is 35.6 Å². The van der Waals surface area contributed by atoms with Crippen molar-refractivity contribution in [3.05, 3.63) is 70.3 Å². The summed E-state index contributed by atoms with van der Waals surface area (Å²) in [6, 6.07) is 8.39. The van der Waals surface area contributed by atoms with E-state index in [9.17, 15) is 13.2 Å². The Morgan fingerprint density at radius 1 is 1.14 bits per heavy atom. The van der Waals surface area contributed by atoms with Crippen LogP contribution in [0.3, 0.4) is 0 Å². The molecule has 36 heavy (non-hydrogen) atoms. The van der Waals surface area contributed by atoms with E-state index in [4.69, 9.17) is 16.3 Å². The zero-order valence-electron chi connectivity index (χ0n) is 18.6. The monoisotopic (exact) mass is 517 g/mol. The first-order valence-corrected chi connectivity index (χ1v) is 11.3. The molecular weight excluding hydrogens is 499 g/mol. The average Bonchev–Trinajstić information content (AvgIpc) is 3.37. The van der Waals surface area contributed by atoms with Crippen LogP contribution < -0.4 is 15.0 Å². The molecule has 0 saturated carbocycles. The van der Waals surface area contributed by atoms with Crippen molar-refractivity contribution >= 4 is 28.9 Å². The molecule has 186 valence electrons. The first-order chi connectivity index (χ1) is 17.4. The Hall–Kier alpha value is -4.00. The lowest BCUT2D eigenvalue weighted by Gasteiger charge is -2.30. The third-order valence-electron chi connectivity index (χ3n) is 5.50. The van der Waals surface area contributed by atoms with E-state index in [1.807, 2.05) is 4.90 Å². The van der Waals surface area contributed by atoms with Crippen LogP contribution in [0.15, 0.2) is 42.6 Å². The van der Waals surface area contributed by atoms with E-state index in [0.717, 1.165) is 17.7 Å². The van der Waals surface area contributed by atoms with Gasteiger partial charge < -0.3 is 15.0 Å². The van der Waals surface area contributed by atoms with E-state index in [-0.39, 0.29) is 12.6 Å². The summed E-state index contributed by atoms with van der Waals surface area (Å²) < 4.78 is 44.6.